The molecule has 1 heterocycles. The van der Waals surface area contributed by atoms with Crippen molar-refractivity contribution in [1.29, 1.82) is 0 Å². The summed E-state index contributed by atoms with van der Waals surface area (Å²) in [6.07, 6.45) is 1.42. The molecule has 0 radical (unpaired) electrons. The maximum Gasteiger partial charge on any atom is 0.303 e. The van der Waals surface area contributed by atoms with E-state index in [0.29, 0.717) is 30.8 Å². The predicted octanol–water partition coefficient (Wildman–Crippen LogP) is 4.10. The van der Waals surface area contributed by atoms with Gasteiger partial charge >= 0.3 is 5.97 Å². The van der Waals surface area contributed by atoms with Crippen LogP contribution in [0.1, 0.15) is 19.3 Å². The number of nitrogens with zero attached hydrogens (tertiary/aromatic N) is 2. The van der Waals surface area contributed by atoms with Crippen LogP contribution in [0, 0.1) is 5.82 Å². The molecule has 2 aromatic carbocycles. The van der Waals surface area contributed by atoms with Gasteiger partial charge in [-0.25, -0.2) is 9.37 Å². The Hall–Kier alpha value is -2.69. The number of aryl methyl sites for hydroxylation is 1. The van der Waals surface area contributed by atoms with Crippen molar-refractivity contribution < 1.29 is 14.3 Å². The first-order valence-electron chi connectivity index (χ1n) is 7.59. The van der Waals surface area contributed by atoms with E-state index < -0.39 is 5.97 Å². The lowest BCUT2D eigenvalue weighted by molar-refractivity contribution is -0.137. The van der Waals surface area contributed by atoms with Crippen molar-refractivity contribution in [2.45, 2.75) is 25.8 Å². The van der Waals surface area contributed by atoms with Crippen molar-refractivity contribution in [3.05, 3.63) is 54.3 Å². The zero-order chi connectivity index (χ0) is 16.2. The second-order valence-electron chi connectivity index (χ2n) is 5.41. The molecular formula is C18H17FN2O2. The Bertz CT molecular complexity index is 842. The van der Waals surface area contributed by atoms with Gasteiger partial charge in [-0.3, -0.25) is 4.79 Å². The fourth-order valence-electron chi connectivity index (χ4n) is 2.70. The molecule has 1 N–H and O–H groups in total. The topological polar surface area (TPSA) is 55.1 Å². The number of rotatable bonds is 6. The van der Waals surface area contributed by atoms with Crippen LogP contribution in [0.2, 0.25) is 0 Å². The second-order valence-corrected chi connectivity index (χ2v) is 5.41. The summed E-state index contributed by atoms with van der Waals surface area (Å²) in [5.74, 6) is -0.524. The molecule has 3 rings (SSSR count). The molecule has 0 aliphatic carbocycles. The molecule has 0 unspecified atom stereocenters. The van der Waals surface area contributed by atoms with Gasteiger partial charge in [0, 0.05) is 13.0 Å². The van der Waals surface area contributed by atoms with Crippen molar-refractivity contribution in [2.24, 2.45) is 0 Å². The third-order valence-electron chi connectivity index (χ3n) is 3.79. The minimum absolute atomic E-state index is 0.141. The molecule has 3 aromatic rings. The average molecular weight is 312 g/mol. The third-order valence-corrected chi connectivity index (χ3v) is 3.79. The molecule has 0 saturated heterocycles. The summed E-state index contributed by atoms with van der Waals surface area (Å²) < 4.78 is 16.1. The van der Waals surface area contributed by atoms with Gasteiger partial charge in [-0.15, -0.1) is 0 Å². The number of carbonyl (C=O) groups is 1. The molecule has 0 atom stereocenters. The van der Waals surface area contributed by atoms with E-state index >= 15 is 0 Å². The molecule has 0 aliphatic heterocycles. The van der Waals surface area contributed by atoms with E-state index in [4.69, 9.17) is 5.11 Å². The van der Waals surface area contributed by atoms with Crippen molar-refractivity contribution in [2.75, 3.05) is 0 Å². The number of hydrogen-bond donors (Lipinski definition) is 1. The van der Waals surface area contributed by atoms with Gasteiger partial charge in [0.25, 0.3) is 0 Å². The number of benzene rings is 2. The zero-order valence-electron chi connectivity index (χ0n) is 12.6. The molecule has 5 heteroatoms. The molecule has 0 spiro atoms. The summed E-state index contributed by atoms with van der Waals surface area (Å²) in [5, 5.41) is 8.74. The van der Waals surface area contributed by atoms with Gasteiger partial charge < -0.3 is 9.67 Å². The smallest absolute Gasteiger partial charge is 0.303 e. The number of carboxylic acid groups (broad SMARTS) is 1. The Kier molecular flexibility index (Phi) is 4.37. The Balaban J connectivity index is 1.98. The third kappa shape index (κ3) is 3.23. The van der Waals surface area contributed by atoms with Crippen molar-refractivity contribution in [1.82, 2.24) is 9.55 Å². The molecule has 1 aromatic heterocycles. The van der Waals surface area contributed by atoms with Crippen LogP contribution in [0.3, 0.4) is 0 Å². The number of carboxylic acids is 1. The summed E-state index contributed by atoms with van der Waals surface area (Å²) in [6.45, 7) is 0.609. The van der Waals surface area contributed by atoms with Crippen molar-refractivity contribution >= 4 is 17.0 Å². The summed E-state index contributed by atoms with van der Waals surface area (Å²) in [7, 11) is 0. The zero-order valence-corrected chi connectivity index (χ0v) is 12.6. The molecule has 118 valence electrons. The van der Waals surface area contributed by atoms with E-state index in [1.165, 1.54) is 6.07 Å². The van der Waals surface area contributed by atoms with Gasteiger partial charge in [0.2, 0.25) is 0 Å². The number of para-hydroxylation sites is 2. The molecule has 0 aliphatic rings. The average Bonchev–Trinajstić information content (AvgIpc) is 2.90. The van der Waals surface area contributed by atoms with Gasteiger partial charge in [-0.2, -0.15) is 0 Å². The fourth-order valence-corrected chi connectivity index (χ4v) is 2.70. The lowest BCUT2D eigenvalue weighted by Gasteiger charge is -2.09. The summed E-state index contributed by atoms with van der Waals surface area (Å²) in [4.78, 5) is 15.2. The standard InChI is InChI=1S/C18H17FN2O2/c19-14-8-2-1-7-13(14)18-20-15-9-3-4-10-16(15)21(18)12-6-5-11-17(22)23/h1-4,7-10H,5-6,11-12H2,(H,22,23). The van der Waals surface area contributed by atoms with Crippen LogP contribution in [0.15, 0.2) is 48.5 Å². The van der Waals surface area contributed by atoms with Crippen molar-refractivity contribution in [3.63, 3.8) is 0 Å². The number of aromatic nitrogens is 2. The van der Waals surface area contributed by atoms with Crippen molar-refractivity contribution in [3.8, 4) is 11.4 Å². The molecule has 0 bridgehead atoms. The molecule has 23 heavy (non-hydrogen) atoms. The van der Waals surface area contributed by atoms with Crippen LogP contribution in [0.4, 0.5) is 4.39 Å². The monoisotopic (exact) mass is 312 g/mol. The van der Waals surface area contributed by atoms with Gasteiger partial charge in [0.15, 0.2) is 0 Å². The summed E-state index contributed by atoms with van der Waals surface area (Å²) >= 11 is 0. The van der Waals surface area contributed by atoms with Crippen LogP contribution in [0.25, 0.3) is 22.4 Å². The number of hydrogen-bond acceptors (Lipinski definition) is 2. The minimum Gasteiger partial charge on any atom is -0.481 e. The van der Waals surface area contributed by atoms with Gasteiger partial charge in [0.05, 0.1) is 16.6 Å². The molecule has 4 nitrogen and oxygen atoms in total. The van der Waals surface area contributed by atoms with Gasteiger partial charge in [0.1, 0.15) is 11.6 Å². The summed E-state index contributed by atoms with van der Waals surface area (Å²) in [6, 6.07) is 14.2. The second kappa shape index (κ2) is 6.60. The molecule has 0 fully saturated rings. The highest BCUT2D eigenvalue weighted by molar-refractivity contribution is 5.80. The van der Waals surface area contributed by atoms with E-state index in [2.05, 4.69) is 4.98 Å². The predicted molar refractivity (Wildman–Crippen MR) is 86.6 cm³/mol. The molecule has 0 amide bonds. The van der Waals surface area contributed by atoms with E-state index in [0.717, 1.165) is 11.0 Å². The lowest BCUT2D eigenvalue weighted by atomic mass is 10.2. The van der Waals surface area contributed by atoms with Crippen LogP contribution in [-0.4, -0.2) is 20.6 Å². The highest BCUT2D eigenvalue weighted by atomic mass is 19.1. The molecule has 0 saturated carbocycles. The fraction of sp³-hybridized carbons (Fsp3) is 0.222. The summed E-state index contributed by atoms with van der Waals surface area (Å²) in [5.41, 5.74) is 2.20. The normalized spacial score (nSPS) is 11.0. The SMILES string of the molecule is O=C(O)CCCCn1c(-c2ccccc2F)nc2ccccc21. The Labute approximate surface area is 133 Å². The minimum atomic E-state index is -0.796. The van der Waals surface area contributed by atoms with Crippen LogP contribution < -0.4 is 0 Å². The number of aliphatic carboxylic acids is 1. The maximum absolute atomic E-state index is 14.1. The van der Waals surface area contributed by atoms with E-state index in [1.54, 1.807) is 18.2 Å². The van der Waals surface area contributed by atoms with Gasteiger partial charge in [-0.1, -0.05) is 24.3 Å². The Morgan fingerprint density at radius 2 is 1.83 bits per heavy atom. The van der Waals surface area contributed by atoms with E-state index in [1.807, 2.05) is 28.8 Å². The number of unbranched alkanes of at least 4 members (excludes halogenated alkanes) is 1. The molecular weight excluding hydrogens is 295 g/mol. The first kappa shape index (κ1) is 15.2. The quantitative estimate of drug-likeness (QED) is 0.697. The first-order chi connectivity index (χ1) is 11.2. The maximum atomic E-state index is 14.1. The van der Waals surface area contributed by atoms with Crippen LogP contribution in [0.5, 0.6) is 0 Å². The van der Waals surface area contributed by atoms with Crippen LogP contribution in [-0.2, 0) is 11.3 Å². The first-order valence-corrected chi connectivity index (χ1v) is 7.59. The lowest BCUT2D eigenvalue weighted by Crippen LogP contribution is -2.03. The highest BCUT2D eigenvalue weighted by Crippen LogP contribution is 2.27. The Morgan fingerprint density at radius 3 is 2.61 bits per heavy atom. The number of imidazole rings is 1. The Morgan fingerprint density at radius 1 is 1.09 bits per heavy atom. The number of halogens is 1. The van der Waals surface area contributed by atoms with E-state index in [9.17, 15) is 9.18 Å². The highest BCUT2D eigenvalue weighted by Gasteiger charge is 2.15. The van der Waals surface area contributed by atoms with E-state index in [-0.39, 0.29) is 12.2 Å². The van der Waals surface area contributed by atoms with Crippen LogP contribution >= 0.6 is 0 Å². The number of fused-ring (bicyclic) bond motifs is 1. The van der Waals surface area contributed by atoms with Gasteiger partial charge in [-0.05, 0) is 37.1 Å². The largest absolute Gasteiger partial charge is 0.481 e.